The highest BCUT2D eigenvalue weighted by atomic mass is 79.9. The van der Waals surface area contributed by atoms with E-state index in [0.717, 1.165) is 41.7 Å². The van der Waals surface area contributed by atoms with E-state index < -0.39 is 0 Å². The molecule has 3 heterocycles. The number of hydrogen-bond acceptors (Lipinski definition) is 1. The van der Waals surface area contributed by atoms with E-state index in [9.17, 15) is 0 Å². The van der Waals surface area contributed by atoms with Crippen molar-refractivity contribution in [3.8, 4) is 22.4 Å². The lowest BCUT2D eigenvalue weighted by molar-refractivity contribution is 0.647. The number of nitrogens with zero attached hydrogens (tertiary/aromatic N) is 2. The first-order chi connectivity index (χ1) is 17.1. The van der Waals surface area contributed by atoms with Gasteiger partial charge < -0.3 is 9.88 Å². The molecular formula is C29H23BrClN3S. The molecule has 0 saturated heterocycles. The number of aromatic nitrogens is 2. The molecule has 2 aromatic heterocycles. The van der Waals surface area contributed by atoms with E-state index >= 15 is 0 Å². The van der Waals surface area contributed by atoms with Gasteiger partial charge in [0.15, 0.2) is 0 Å². The molecule has 0 saturated carbocycles. The van der Waals surface area contributed by atoms with Crippen LogP contribution in [0, 0.1) is 0 Å². The van der Waals surface area contributed by atoms with Gasteiger partial charge in [-0.2, -0.15) is 0 Å². The topological polar surface area (TPSA) is 21.4 Å². The normalized spacial score (nSPS) is 13.1. The van der Waals surface area contributed by atoms with Crippen LogP contribution in [-0.4, -0.2) is 14.0 Å². The second-order valence-electron chi connectivity index (χ2n) is 8.85. The van der Waals surface area contributed by atoms with E-state index in [1.165, 1.54) is 33.6 Å². The summed E-state index contributed by atoms with van der Waals surface area (Å²) < 4.78 is 5.86. The third-order valence-electron chi connectivity index (χ3n) is 6.65. The fourth-order valence-corrected chi connectivity index (χ4v) is 5.81. The Hall–Kier alpha value is -2.86. The van der Waals surface area contributed by atoms with E-state index in [2.05, 4.69) is 91.0 Å². The predicted octanol–water partition coefficient (Wildman–Crippen LogP) is 8.61. The maximum atomic E-state index is 6.11. The van der Waals surface area contributed by atoms with Gasteiger partial charge in [-0.25, -0.2) is 0 Å². The molecule has 0 amide bonds. The number of nitrogens with one attached hydrogen (secondary N) is 1. The average molecular weight is 561 g/mol. The summed E-state index contributed by atoms with van der Waals surface area (Å²) in [6.45, 7) is 0.994. The van der Waals surface area contributed by atoms with Gasteiger partial charge in [-0.3, -0.25) is 4.40 Å². The van der Waals surface area contributed by atoms with Crippen molar-refractivity contribution in [1.29, 1.82) is 0 Å². The Bertz CT molecular complexity index is 1530. The highest BCUT2D eigenvalue weighted by molar-refractivity contribution is 9.10. The molecule has 174 valence electrons. The molecule has 0 aliphatic carbocycles. The third-order valence-corrected chi connectivity index (χ3v) is 7.73. The van der Waals surface area contributed by atoms with Gasteiger partial charge in [0.25, 0.3) is 0 Å². The number of hydrogen-bond donors (Lipinski definition) is 1. The smallest absolute Gasteiger partial charge is 0.128 e. The van der Waals surface area contributed by atoms with Crippen LogP contribution >= 0.6 is 39.7 Å². The third kappa shape index (κ3) is 4.12. The largest absolute Gasteiger partial charge is 0.345 e. The Morgan fingerprint density at radius 3 is 2.37 bits per heavy atom. The summed E-state index contributed by atoms with van der Waals surface area (Å²) in [5.74, 6) is 0. The average Bonchev–Trinajstić information content (AvgIpc) is 3.29. The standard InChI is InChI=1S/C29H23BrClN3S/c30-21-11-9-20(10-12-21)26-24-8-4-5-17-33-25(19-6-2-1-3-7-19)18-34(29(24)33)27(26)28(35)32-23-15-13-22(31)14-16-23/h1-3,6-7,9-16,18H,4-5,8,17H2,(H,32,35). The first-order valence-corrected chi connectivity index (χ1v) is 13.3. The zero-order valence-electron chi connectivity index (χ0n) is 19.0. The van der Waals surface area contributed by atoms with Crippen molar-refractivity contribution >= 4 is 56.1 Å². The summed E-state index contributed by atoms with van der Waals surface area (Å²) in [6.07, 6.45) is 5.58. The number of aryl methyl sites for hydroxylation is 2. The van der Waals surface area contributed by atoms with Crippen LogP contribution in [0.15, 0.2) is 89.5 Å². The fourth-order valence-electron chi connectivity index (χ4n) is 5.10. The molecule has 0 spiro atoms. The van der Waals surface area contributed by atoms with Gasteiger partial charge in [-0.05, 0) is 66.8 Å². The molecule has 6 heteroatoms. The molecule has 3 nitrogen and oxygen atoms in total. The minimum atomic E-state index is 0.698. The summed E-state index contributed by atoms with van der Waals surface area (Å²) in [5, 5.41) is 4.18. The lowest BCUT2D eigenvalue weighted by Crippen LogP contribution is -2.14. The fraction of sp³-hybridized carbons (Fsp3) is 0.138. The Morgan fingerprint density at radius 1 is 0.886 bits per heavy atom. The molecule has 1 N–H and O–H groups in total. The molecule has 0 unspecified atom stereocenters. The Labute approximate surface area is 223 Å². The number of imidazole rings is 1. The maximum absolute atomic E-state index is 6.11. The number of anilines is 1. The van der Waals surface area contributed by atoms with Gasteiger partial charge >= 0.3 is 0 Å². The van der Waals surface area contributed by atoms with Crippen molar-refractivity contribution in [2.75, 3.05) is 5.32 Å². The van der Waals surface area contributed by atoms with Crippen LogP contribution in [-0.2, 0) is 13.0 Å². The van der Waals surface area contributed by atoms with Crippen LogP contribution in [0.1, 0.15) is 24.1 Å². The summed E-state index contributed by atoms with van der Waals surface area (Å²) in [4.78, 5) is 0.698. The molecule has 3 aromatic carbocycles. The van der Waals surface area contributed by atoms with Crippen molar-refractivity contribution in [3.05, 3.63) is 106 Å². The number of benzene rings is 3. The van der Waals surface area contributed by atoms with E-state index in [1.54, 1.807) is 0 Å². The zero-order valence-corrected chi connectivity index (χ0v) is 22.1. The molecule has 0 fully saturated rings. The summed E-state index contributed by atoms with van der Waals surface area (Å²) in [7, 11) is 0. The monoisotopic (exact) mass is 559 g/mol. The maximum Gasteiger partial charge on any atom is 0.128 e. The summed E-state index contributed by atoms with van der Waals surface area (Å²) in [5.41, 5.74) is 9.40. The lowest BCUT2D eigenvalue weighted by atomic mass is 9.98. The van der Waals surface area contributed by atoms with Gasteiger partial charge in [0.05, 0.1) is 11.4 Å². The first kappa shape index (κ1) is 22.6. The van der Waals surface area contributed by atoms with E-state index in [0.29, 0.717) is 10.0 Å². The first-order valence-electron chi connectivity index (χ1n) is 11.7. The Kier molecular flexibility index (Phi) is 6.01. The van der Waals surface area contributed by atoms with Crippen molar-refractivity contribution in [3.63, 3.8) is 0 Å². The van der Waals surface area contributed by atoms with Gasteiger partial charge in [-0.15, -0.1) is 0 Å². The molecule has 6 rings (SSSR count). The Morgan fingerprint density at radius 2 is 1.63 bits per heavy atom. The van der Waals surface area contributed by atoms with Crippen LogP contribution in [0.3, 0.4) is 0 Å². The minimum Gasteiger partial charge on any atom is -0.345 e. The molecule has 1 aliphatic heterocycles. The summed E-state index contributed by atoms with van der Waals surface area (Å²) in [6, 6.07) is 26.9. The summed E-state index contributed by atoms with van der Waals surface area (Å²) >= 11 is 15.8. The van der Waals surface area contributed by atoms with Gasteiger partial charge in [0.2, 0.25) is 0 Å². The van der Waals surface area contributed by atoms with Crippen LogP contribution in [0.2, 0.25) is 5.02 Å². The van der Waals surface area contributed by atoms with Crippen molar-refractivity contribution in [2.45, 2.75) is 25.8 Å². The molecule has 1 aliphatic rings. The zero-order chi connectivity index (χ0) is 23.9. The van der Waals surface area contributed by atoms with Crippen molar-refractivity contribution < 1.29 is 0 Å². The number of thiocarbonyl (C=S) groups is 1. The predicted molar refractivity (Wildman–Crippen MR) is 154 cm³/mol. The molecule has 0 radical (unpaired) electrons. The molecule has 0 atom stereocenters. The van der Waals surface area contributed by atoms with Gasteiger partial charge in [-0.1, -0.05) is 82.2 Å². The van der Waals surface area contributed by atoms with Crippen LogP contribution in [0.25, 0.3) is 28.0 Å². The highest BCUT2D eigenvalue weighted by Gasteiger charge is 2.28. The van der Waals surface area contributed by atoms with Crippen molar-refractivity contribution in [1.82, 2.24) is 8.97 Å². The van der Waals surface area contributed by atoms with Gasteiger partial charge in [0, 0.05) is 39.1 Å². The van der Waals surface area contributed by atoms with Crippen molar-refractivity contribution in [2.24, 2.45) is 0 Å². The molecule has 5 aromatic rings. The second kappa shape index (κ2) is 9.30. The SMILES string of the molecule is S=C(Nc1ccc(Cl)cc1)c1c(-c2ccc(Br)cc2)c2c3n(c(-c4ccccc4)cn13)CCCC2. The van der Waals surface area contributed by atoms with E-state index in [4.69, 9.17) is 23.8 Å². The van der Waals surface area contributed by atoms with Crippen LogP contribution < -0.4 is 5.32 Å². The molecule has 0 bridgehead atoms. The van der Waals surface area contributed by atoms with E-state index in [1.807, 2.05) is 24.3 Å². The van der Waals surface area contributed by atoms with Crippen LogP contribution in [0.5, 0.6) is 0 Å². The quantitative estimate of drug-likeness (QED) is 0.222. The van der Waals surface area contributed by atoms with E-state index in [-0.39, 0.29) is 0 Å². The van der Waals surface area contributed by atoms with Gasteiger partial charge in [0.1, 0.15) is 10.6 Å². The Balaban J connectivity index is 1.60. The minimum absolute atomic E-state index is 0.698. The lowest BCUT2D eigenvalue weighted by Gasteiger charge is -2.12. The number of halogens is 2. The van der Waals surface area contributed by atoms with Crippen LogP contribution in [0.4, 0.5) is 5.69 Å². The molecule has 35 heavy (non-hydrogen) atoms. The number of rotatable bonds is 4. The highest BCUT2D eigenvalue weighted by Crippen LogP contribution is 2.40. The second-order valence-corrected chi connectivity index (χ2v) is 10.6. The molecular weight excluding hydrogens is 538 g/mol.